The molecule has 0 spiro atoms. The summed E-state index contributed by atoms with van der Waals surface area (Å²) in [7, 11) is 1.63. The predicted molar refractivity (Wildman–Crippen MR) is 80.7 cm³/mol. The Labute approximate surface area is 120 Å². The molecule has 0 aliphatic heterocycles. The van der Waals surface area contributed by atoms with Gasteiger partial charge in [0.15, 0.2) is 0 Å². The molecular formula is C15H13NO3S. The average Bonchev–Trinajstić information content (AvgIpc) is 2.91. The van der Waals surface area contributed by atoms with E-state index in [4.69, 9.17) is 9.84 Å². The summed E-state index contributed by atoms with van der Waals surface area (Å²) in [5, 5.41) is 11.2. The summed E-state index contributed by atoms with van der Waals surface area (Å²) in [6.07, 6.45) is 6.37. The van der Waals surface area contributed by atoms with Gasteiger partial charge in [0.2, 0.25) is 0 Å². The van der Waals surface area contributed by atoms with E-state index in [1.54, 1.807) is 7.11 Å². The van der Waals surface area contributed by atoms with Crippen molar-refractivity contribution in [2.45, 2.75) is 0 Å². The predicted octanol–water partition coefficient (Wildman–Crippen LogP) is 3.42. The Morgan fingerprint density at radius 2 is 2.20 bits per heavy atom. The molecule has 102 valence electrons. The molecule has 2 aromatic rings. The van der Waals surface area contributed by atoms with Crippen LogP contribution in [0.5, 0.6) is 5.75 Å². The monoisotopic (exact) mass is 287 g/mol. The molecule has 0 saturated heterocycles. The molecule has 0 fully saturated rings. The molecule has 2 rings (SSSR count). The van der Waals surface area contributed by atoms with E-state index >= 15 is 0 Å². The lowest BCUT2D eigenvalue weighted by Gasteiger charge is -1.99. The second kappa shape index (κ2) is 6.68. The highest BCUT2D eigenvalue weighted by Gasteiger charge is 1.97. The van der Waals surface area contributed by atoms with Crippen molar-refractivity contribution in [2.75, 3.05) is 7.11 Å². The Morgan fingerprint density at radius 3 is 2.95 bits per heavy atom. The van der Waals surface area contributed by atoms with Crippen LogP contribution in [-0.4, -0.2) is 23.2 Å². The summed E-state index contributed by atoms with van der Waals surface area (Å²) in [6, 6.07) is 7.70. The number of aromatic nitrogens is 1. The van der Waals surface area contributed by atoms with Gasteiger partial charge in [-0.05, 0) is 29.8 Å². The number of thiazole rings is 1. The van der Waals surface area contributed by atoms with Gasteiger partial charge in [0.1, 0.15) is 10.8 Å². The number of hydrogen-bond donors (Lipinski definition) is 1. The first-order valence-electron chi connectivity index (χ1n) is 5.86. The highest BCUT2D eigenvalue weighted by molar-refractivity contribution is 7.10. The number of nitrogens with zero attached hydrogens (tertiary/aromatic N) is 1. The van der Waals surface area contributed by atoms with Crippen LogP contribution in [0.4, 0.5) is 0 Å². The molecule has 1 aromatic heterocycles. The molecule has 20 heavy (non-hydrogen) atoms. The number of rotatable bonds is 5. The normalized spacial score (nSPS) is 11.2. The number of methoxy groups -OCH3 is 1. The minimum atomic E-state index is -0.980. The lowest BCUT2D eigenvalue weighted by Crippen LogP contribution is -1.85. The second-order valence-electron chi connectivity index (χ2n) is 3.89. The maximum absolute atomic E-state index is 10.4. The van der Waals surface area contributed by atoms with Crippen LogP contribution in [0, 0.1) is 0 Å². The van der Waals surface area contributed by atoms with E-state index in [1.807, 2.05) is 41.8 Å². The van der Waals surface area contributed by atoms with Crippen molar-refractivity contribution in [1.82, 2.24) is 4.98 Å². The fourth-order valence-electron chi connectivity index (χ4n) is 1.52. The van der Waals surface area contributed by atoms with Crippen LogP contribution >= 0.6 is 11.3 Å². The Morgan fingerprint density at radius 1 is 1.35 bits per heavy atom. The Bertz CT molecular complexity index is 659. The summed E-state index contributed by atoms with van der Waals surface area (Å²) >= 11 is 1.46. The van der Waals surface area contributed by atoms with Gasteiger partial charge in [-0.25, -0.2) is 9.78 Å². The van der Waals surface area contributed by atoms with E-state index in [0.717, 1.165) is 22.4 Å². The number of carboxylic acid groups (broad SMARTS) is 1. The molecule has 0 aliphatic rings. The zero-order valence-corrected chi connectivity index (χ0v) is 11.6. The van der Waals surface area contributed by atoms with E-state index < -0.39 is 5.97 Å². The minimum Gasteiger partial charge on any atom is -0.497 e. The molecule has 0 bridgehead atoms. The fraction of sp³-hybridized carbons (Fsp3) is 0.0667. The van der Waals surface area contributed by atoms with Crippen molar-refractivity contribution >= 4 is 35.5 Å². The Balaban J connectivity index is 2.09. The Hall–Kier alpha value is -2.40. The quantitative estimate of drug-likeness (QED) is 0.856. The topological polar surface area (TPSA) is 59.4 Å². The van der Waals surface area contributed by atoms with E-state index in [9.17, 15) is 4.79 Å². The van der Waals surface area contributed by atoms with Crippen LogP contribution in [0.15, 0.2) is 35.7 Å². The van der Waals surface area contributed by atoms with Crippen LogP contribution < -0.4 is 4.74 Å². The second-order valence-corrected chi connectivity index (χ2v) is 4.78. The smallest absolute Gasteiger partial charge is 0.328 e. The third-order valence-corrected chi connectivity index (χ3v) is 3.28. The van der Waals surface area contributed by atoms with Crippen LogP contribution in [-0.2, 0) is 4.79 Å². The zero-order chi connectivity index (χ0) is 14.4. The molecule has 1 heterocycles. The number of ether oxygens (including phenoxy) is 1. The van der Waals surface area contributed by atoms with Gasteiger partial charge in [0.25, 0.3) is 0 Å². The van der Waals surface area contributed by atoms with E-state index in [1.165, 1.54) is 17.4 Å². The summed E-state index contributed by atoms with van der Waals surface area (Å²) in [5.74, 6) is -0.178. The number of carbonyl (C=O) groups is 1. The van der Waals surface area contributed by atoms with Gasteiger partial charge in [-0.15, -0.1) is 11.3 Å². The molecule has 0 radical (unpaired) electrons. The molecule has 1 aromatic carbocycles. The Kier molecular flexibility index (Phi) is 4.68. The molecule has 0 saturated carbocycles. The van der Waals surface area contributed by atoms with Gasteiger partial charge in [-0.1, -0.05) is 18.2 Å². The van der Waals surface area contributed by atoms with Crippen molar-refractivity contribution in [2.24, 2.45) is 0 Å². The first kappa shape index (κ1) is 14.0. The summed E-state index contributed by atoms with van der Waals surface area (Å²) < 4.78 is 5.15. The van der Waals surface area contributed by atoms with Crippen molar-refractivity contribution in [3.05, 3.63) is 52.0 Å². The van der Waals surface area contributed by atoms with Gasteiger partial charge < -0.3 is 9.84 Å². The maximum Gasteiger partial charge on any atom is 0.328 e. The molecule has 1 N–H and O–H groups in total. The lowest BCUT2D eigenvalue weighted by molar-refractivity contribution is -0.131. The molecule has 0 amide bonds. The van der Waals surface area contributed by atoms with Crippen molar-refractivity contribution in [1.29, 1.82) is 0 Å². The first-order chi connectivity index (χ1) is 9.67. The van der Waals surface area contributed by atoms with Crippen molar-refractivity contribution < 1.29 is 14.6 Å². The highest BCUT2D eigenvalue weighted by Crippen LogP contribution is 2.17. The first-order valence-corrected chi connectivity index (χ1v) is 6.74. The third kappa shape index (κ3) is 4.07. The standard InChI is InChI=1S/C15H13NO3S/c1-19-13-4-2-3-11(9-13)5-7-14-16-12(10-20-14)6-8-15(17)18/h2-10H,1H3,(H,17,18)/b7-5+,8-6+. The highest BCUT2D eigenvalue weighted by atomic mass is 32.1. The average molecular weight is 287 g/mol. The number of benzene rings is 1. The van der Waals surface area contributed by atoms with Crippen LogP contribution in [0.25, 0.3) is 18.2 Å². The molecule has 0 atom stereocenters. The van der Waals surface area contributed by atoms with E-state index in [2.05, 4.69) is 4.98 Å². The van der Waals surface area contributed by atoms with Gasteiger partial charge in [-0.3, -0.25) is 0 Å². The largest absolute Gasteiger partial charge is 0.497 e. The minimum absolute atomic E-state index is 0.641. The van der Waals surface area contributed by atoms with E-state index in [-0.39, 0.29) is 0 Å². The van der Waals surface area contributed by atoms with Crippen molar-refractivity contribution in [3.63, 3.8) is 0 Å². The summed E-state index contributed by atoms with van der Waals surface area (Å²) in [6.45, 7) is 0. The molecule has 0 unspecified atom stereocenters. The van der Waals surface area contributed by atoms with Gasteiger partial charge in [0.05, 0.1) is 12.8 Å². The summed E-state index contributed by atoms with van der Waals surface area (Å²) in [5.41, 5.74) is 1.66. The molecule has 0 aliphatic carbocycles. The van der Waals surface area contributed by atoms with Gasteiger partial charge in [0, 0.05) is 11.5 Å². The molecule has 5 heteroatoms. The van der Waals surface area contributed by atoms with Crippen LogP contribution in [0.2, 0.25) is 0 Å². The number of carboxylic acids is 1. The SMILES string of the molecule is COc1cccc(/C=C/c2nc(/C=C/C(=O)O)cs2)c1. The third-order valence-electron chi connectivity index (χ3n) is 2.45. The van der Waals surface area contributed by atoms with Crippen LogP contribution in [0.3, 0.4) is 0 Å². The maximum atomic E-state index is 10.4. The van der Waals surface area contributed by atoms with E-state index in [0.29, 0.717) is 5.69 Å². The molecule has 4 nitrogen and oxygen atoms in total. The zero-order valence-electron chi connectivity index (χ0n) is 10.8. The molecular weight excluding hydrogens is 274 g/mol. The van der Waals surface area contributed by atoms with Gasteiger partial charge >= 0.3 is 5.97 Å². The van der Waals surface area contributed by atoms with Crippen molar-refractivity contribution in [3.8, 4) is 5.75 Å². The fourth-order valence-corrected chi connectivity index (χ4v) is 2.20. The number of hydrogen-bond acceptors (Lipinski definition) is 4. The van der Waals surface area contributed by atoms with Gasteiger partial charge in [-0.2, -0.15) is 0 Å². The summed E-state index contributed by atoms with van der Waals surface area (Å²) in [4.78, 5) is 14.7. The number of aliphatic carboxylic acids is 1. The van der Waals surface area contributed by atoms with Crippen LogP contribution in [0.1, 0.15) is 16.3 Å². The lowest BCUT2D eigenvalue weighted by atomic mass is 10.2.